The van der Waals surface area contributed by atoms with Crippen molar-refractivity contribution >= 4 is 17.5 Å². The molecule has 0 bridgehead atoms. The van der Waals surface area contributed by atoms with Gasteiger partial charge in [-0.2, -0.15) is 4.98 Å². The molecule has 1 N–H and O–H groups in total. The minimum atomic E-state index is -0.724. The number of hydrogen-bond donors (Lipinski definition) is 1. The number of nitrogens with zero attached hydrogens (tertiary/aromatic N) is 2. The molecule has 0 fully saturated rings. The number of rotatable bonds is 8. The predicted octanol–water partition coefficient (Wildman–Crippen LogP) is 3.49. The Hall–Kier alpha value is -3.26. The summed E-state index contributed by atoms with van der Waals surface area (Å²) in [5.41, 5.74) is 0.646. The maximum absolute atomic E-state index is 12.3. The van der Waals surface area contributed by atoms with E-state index in [0.29, 0.717) is 33.7 Å². The van der Waals surface area contributed by atoms with Crippen LogP contribution in [0, 0.1) is 0 Å². The molecule has 0 saturated carbocycles. The topological polar surface area (TPSA) is 95.7 Å². The van der Waals surface area contributed by atoms with Gasteiger partial charge in [0.25, 0.3) is 5.91 Å². The van der Waals surface area contributed by atoms with Crippen molar-refractivity contribution < 1.29 is 23.5 Å². The fourth-order valence-corrected chi connectivity index (χ4v) is 2.70. The smallest absolute Gasteiger partial charge is 0.261 e. The molecule has 1 heterocycles. The molecule has 3 rings (SSSR count). The van der Waals surface area contributed by atoms with Crippen LogP contribution in [0.4, 0.5) is 0 Å². The van der Waals surface area contributed by atoms with E-state index in [1.54, 1.807) is 63.6 Å². The van der Waals surface area contributed by atoms with Crippen LogP contribution < -0.4 is 19.5 Å². The molecule has 152 valence electrons. The highest BCUT2D eigenvalue weighted by atomic mass is 35.5. The predicted molar refractivity (Wildman–Crippen MR) is 106 cm³/mol. The highest BCUT2D eigenvalue weighted by Gasteiger charge is 2.18. The summed E-state index contributed by atoms with van der Waals surface area (Å²) in [6, 6.07) is 12.1. The Morgan fingerprint density at radius 3 is 2.72 bits per heavy atom. The summed E-state index contributed by atoms with van der Waals surface area (Å²) in [6.07, 6.45) is -0.724. The number of carbonyl (C=O) groups is 1. The fraction of sp³-hybridized carbons (Fsp3) is 0.250. The van der Waals surface area contributed by atoms with Crippen molar-refractivity contribution in [2.75, 3.05) is 14.2 Å². The third-order valence-corrected chi connectivity index (χ3v) is 4.24. The van der Waals surface area contributed by atoms with Crippen LogP contribution in [0.3, 0.4) is 0 Å². The lowest BCUT2D eigenvalue weighted by molar-refractivity contribution is -0.127. The first-order valence-corrected chi connectivity index (χ1v) is 9.13. The van der Waals surface area contributed by atoms with Crippen LogP contribution in [0.2, 0.25) is 5.02 Å². The fourth-order valence-electron chi connectivity index (χ4n) is 2.52. The van der Waals surface area contributed by atoms with Crippen molar-refractivity contribution in [1.82, 2.24) is 15.5 Å². The maximum atomic E-state index is 12.3. The monoisotopic (exact) mass is 417 g/mol. The number of nitrogens with one attached hydrogen (secondary N) is 1. The minimum absolute atomic E-state index is 0.0630. The molecule has 2 aromatic carbocycles. The van der Waals surface area contributed by atoms with E-state index in [0.717, 1.165) is 0 Å². The van der Waals surface area contributed by atoms with Gasteiger partial charge in [0.15, 0.2) is 6.10 Å². The molecule has 0 aliphatic carbocycles. The summed E-state index contributed by atoms with van der Waals surface area (Å²) < 4.78 is 21.3. The Bertz CT molecular complexity index is 992. The van der Waals surface area contributed by atoms with Crippen molar-refractivity contribution in [2.24, 2.45) is 0 Å². The molecule has 0 aliphatic heterocycles. The van der Waals surface area contributed by atoms with Gasteiger partial charge in [-0.3, -0.25) is 4.79 Å². The standard InChI is InChI=1S/C20H20ClN3O5/c1-12(28-15-6-4-5-13(21)9-15)20(25)22-11-18-23-19(24-29-18)16-8-7-14(26-2)10-17(16)27-3/h4-10,12H,11H2,1-3H3,(H,22,25)/t12-/m1/s1. The third-order valence-electron chi connectivity index (χ3n) is 4.01. The quantitative estimate of drug-likeness (QED) is 0.599. The number of aromatic nitrogens is 2. The summed E-state index contributed by atoms with van der Waals surface area (Å²) in [4.78, 5) is 16.6. The second-order valence-corrected chi connectivity index (χ2v) is 6.45. The molecule has 0 aliphatic rings. The molecule has 0 radical (unpaired) electrons. The molecule has 0 spiro atoms. The van der Waals surface area contributed by atoms with Gasteiger partial charge in [-0.15, -0.1) is 0 Å². The van der Waals surface area contributed by atoms with Gasteiger partial charge in [0.2, 0.25) is 11.7 Å². The van der Waals surface area contributed by atoms with Crippen LogP contribution in [0.1, 0.15) is 12.8 Å². The van der Waals surface area contributed by atoms with E-state index in [1.165, 1.54) is 0 Å². The van der Waals surface area contributed by atoms with Gasteiger partial charge < -0.3 is 24.1 Å². The molecule has 1 amide bonds. The Labute approximate surface area is 172 Å². The van der Waals surface area contributed by atoms with Crippen LogP contribution in [-0.2, 0) is 11.3 Å². The van der Waals surface area contributed by atoms with Crippen molar-refractivity contribution in [3.8, 4) is 28.6 Å². The molecule has 1 aromatic heterocycles. The highest BCUT2D eigenvalue weighted by molar-refractivity contribution is 6.30. The number of ether oxygens (including phenoxy) is 3. The van der Waals surface area contributed by atoms with E-state index < -0.39 is 6.10 Å². The first-order chi connectivity index (χ1) is 14.0. The zero-order valence-electron chi connectivity index (χ0n) is 16.1. The Morgan fingerprint density at radius 1 is 1.17 bits per heavy atom. The second-order valence-electron chi connectivity index (χ2n) is 6.01. The zero-order chi connectivity index (χ0) is 20.8. The van der Waals surface area contributed by atoms with Gasteiger partial charge in [0.05, 0.1) is 26.3 Å². The van der Waals surface area contributed by atoms with Crippen LogP contribution in [0.25, 0.3) is 11.4 Å². The Kier molecular flexibility index (Phi) is 6.56. The first kappa shape index (κ1) is 20.5. The van der Waals surface area contributed by atoms with E-state index in [1.807, 2.05) is 0 Å². The number of carbonyl (C=O) groups excluding carboxylic acids is 1. The minimum Gasteiger partial charge on any atom is -0.497 e. The molecule has 0 unspecified atom stereocenters. The van der Waals surface area contributed by atoms with Gasteiger partial charge in [-0.25, -0.2) is 0 Å². The highest BCUT2D eigenvalue weighted by Crippen LogP contribution is 2.31. The zero-order valence-corrected chi connectivity index (χ0v) is 16.9. The van der Waals surface area contributed by atoms with Crippen LogP contribution in [0.15, 0.2) is 47.0 Å². The molecular formula is C20H20ClN3O5. The maximum Gasteiger partial charge on any atom is 0.261 e. The average Bonchev–Trinajstić information content (AvgIpc) is 3.20. The molecule has 29 heavy (non-hydrogen) atoms. The SMILES string of the molecule is COc1ccc(-c2noc(CNC(=O)[C@@H](C)Oc3cccc(Cl)c3)n2)c(OC)c1. The van der Waals surface area contributed by atoms with E-state index in [2.05, 4.69) is 15.5 Å². The van der Waals surface area contributed by atoms with E-state index in [9.17, 15) is 4.79 Å². The number of benzene rings is 2. The lowest BCUT2D eigenvalue weighted by atomic mass is 10.2. The van der Waals surface area contributed by atoms with Crippen molar-refractivity contribution in [3.63, 3.8) is 0 Å². The van der Waals surface area contributed by atoms with Gasteiger partial charge in [0.1, 0.15) is 17.2 Å². The van der Waals surface area contributed by atoms with Gasteiger partial charge >= 0.3 is 0 Å². The summed E-state index contributed by atoms with van der Waals surface area (Å²) in [6.45, 7) is 1.70. The normalized spacial score (nSPS) is 11.6. The summed E-state index contributed by atoms with van der Waals surface area (Å²) >= 11 is 5.92. The van der Waals surface area contributed by atoms with Gasteiger partial charge in [-0.05, 0) is 37.3 Å². The van der Waals surface area contributed by atoms with Crippen LogP contribution in [-0.4, -0.2) is 36.4 Å². The largest absolute Gasteiger partial charge is 0.497 e. The van der Waals surface area contributed by atoms with Crippen molar-refractivity contribution in [2.45, 2.75) is 19.6 Å². The molecule has 1 atom stereocenters. The van der Waals surface area contributed by atoms with Crippen LogP contribution in [0.5, 0.6) is 17.2 Å². The van der Waals surface area contributed by atoms with Gasteiger partial charge in [-0.1, -0.05) is 22.8 Å². The summed E-state index contributed by atoms with van der Waals surface area (Å²) in [5.74, 6) is 1.97. The lowest BCUT2D eigenvalue weighted by Crippen LogP contribution is -2.35. The third kappa shape index (κ3) is 5.17. The summed E-state index contributed by atoms with van der Waals surface area (Å²) in [5, 5.41) is 7.18. The number of methoxy groups -OCH3 is 2. The number of hydrogen-bond acceptors (Lipinski definition) is 7. The molecule has 9 heteroatoms. The molecule has 3 aromatic rings. The van der Waals surface area contributed by atoms with E-state index in [4.69, 9.17) is 30.3 Å². The molecular weight excluding hydrogens is 398 g/mol. The van der Waals surface area contributed by atoms with Crippen molar-refractivity contribution in [1.29, 1.82) is 0 Å². The molecule has 8 nitrogen and oxygen atoms in total. The average molecular weight is 418 g/mol. The first-order valence-electron chi connectivity index (χ1n) is 8.75. The van der Waals surface area contributed by atoms with E-state index >= 15 is 0 Å². The van der Waals surface area contributed by atoms with Gasteiger partial charge in [0, 0.05) is 11.1 Å². The number of halogens is 1. The van der Waals surface area contributed by atoms with Crippen LogP contribution >= 0.6 is 11.6 Å². The number of amides is 1. The summed E-state index contributed by atoms with van der Waals surface area (Å²) in [7, 11) is 3.11. The lowest BCUT2D eigenvalue weighted by Gasteiger charge is -2.14. The van der Waals surface area contributed by atoms with E-state index in [-0.39, 0.29) is 18.3 Å². The Morgan fingerprint density at radius 2 is 2.00 bits per heavy atom. The molecule has 0 saturated heterocycles. The second kappa shape index (κ2) is 9.29. The van der Waals surface area contributed by atoms with Crippen molar-refractivity contribution in [3.05, 3.63) is 53.4 Å². The Balaban J connectivity index is 1.61.